The number of aromatic nitrogens is 4. The van der Waals surface area contributed by atoms with E-state index < -0.39 is 0 Å². The predicted molar refractivity (Wildman–Crippen MR) is 85.2 cm³/mol. The molecule has 0 aromatic carbocycles. The summed E-state index contributed by atoms with van der Waals surface area (Å²) in [5.41, 5.74) is 4.84. The molecule has 0 spiro atoms. The molecule has 0 unspecified atom stereocenters. The Labute approximate surface area is 127 Å². The van der Waals surface area contributed by atoms with Crippen molar-refractivity contribution in [3.8, 4) is 0 Å². The largest absolute Gasteiger partial charge is 0.306 e. The number of aryl methyl sites for hydroxylation is 2. The average Bonchev–Trinajstić information content (AvgIpc) is 2.93. The summed E-state index contributed by atoms with van der Waals surface area (Å²) in [6.45, 7) is 13.6. The minimum atomic E-state index is 0.0282. The minimum Gasteiger partial charge on any atom is -0.306 e. The van der Waals surface area contributed by atoms with Crippen LogP contribution >= 0.6 is 0 Å². The number of rotatable bonds is 4. The highest BCUT2D eigenvalue weighted by Gasteiger charge is 2.17. The lowest BCUT2D eigenvalue weighted by atomic mass is 10.1. The summed E-state index contributed by atoms with van der Waals surface area (Å²) in [5.74, 6) is 0. The highest BCUT2D eigenvalue weighted by molar-refractivity contribution is 5.27. The topological polar surface area (TPSA) is 47.7 Å². The molecule has 116 valence electrons. The molecule has 2 rings (SSSR count). The Bertz CT molecular complexity index is 615. The molecule has 2 heterocycles. The molecule has 2 aromatic rings. The van der Waals surface area contributed by atoms with E-state index in [1.807, 2.05) is 22.6 Å². The van der Waals surface area contributed by atoms with Crippen molar-refractivity contribution in [2.45, 2.75) is 59.7 Å². The van der Waals surface area contributed by atoms with Gasteiger partial charge in [0.2, 0.25) is 0 Å². The summed E-state index contributed by atoms with van der Waals surface area (Å²) in [6.07, 6.45) is 4.05. The summed E-state index contributed by atoms with van der Waals surface area (Å²) >= 11 is 0. The second-order valence-electron chi connectivity index (χ2n) is 6.77. The van der Waals surface area contributed by atoms with Crippen LogP contribution in [0.5, 0.6) is 0 Å². The second kappa shape index (κ2) is 5.64. The Hall–Kier alpha value is -1.62. The Balaban J connectivity index is 2.04. The van der Waals surface area contributed by atoms with E-state index in [0.717, 1.165) is 12.2 Å². The van der Waals surface area contributed by atoms with E-state index in [2.05, 4.69) is 63.3 Å². The molecule has 0 bridgehead atoms. The quantitative estimate of drug-likeness (QED) is 0.941. The first kappa shape index (κ1) is 15.8. The fourth-order valence-corrected chi connectivity index (χ4v) is 2.61. The van der Waals surface area contributed by atoms with Crippen LogP contribution in [-0.2, 0) is 19.1 Å². The van der Waals surface area contributed by atoms with Gasteiger partial charge >= 0.3 is 0 Å². The summed E-state index contributed by atoms with van der Waals surface area (Å²) in [7, 11) is 1.99. The van der Waals surface area contributed by atoms with Gasteiger partial charge in [-0.15, -0.1) is 0 Å². The van der Waals surface area contributed by atoms with Gasteiger partial charge in [-0.3, -0.25) is 9.36 Å². The zero-order valence-electron chi connectivity index (χ0n) is 14.2. The Morgan fingerprint density at radius 1 is 1.29 bits per heavy atom. The number of hydrogen-bond acceptors (Lipinski definition) is 3. The van der Waals surface area contributed by atoms with E-state index in [9.17, 15) is 0 Å². The standard InChI is InChI=1S/C16H27N5/c1-11(15-12(2)19-20(7)13(15)3)17-8-14-9-18-21(10-14)16(4,5)6/h9-11,17H,8H2,1-7H3/t11-/m1/s1. The third-order valence-corrected chi connectivity index (χ3v) is 3.93. The van der Waals surface area contributed by atoms with Gasteiger partial charge in [-0.2, -0.15) is 10.2 Å². The molecule has 1 atom stereocenters. The molecule has 0 aliphatic heterocycles. The summed E-state index contributed by atoms with van der Waals surface area (Å²) in [5, 5.41) is 12.5. The van der Waals surface area contributed by atoms with Gasteiger partial charge in [0.15, 0.2) is 0 Å². The predicted octanol–water partition coefficient (Wildman–Crippen LogP) is 2.84. The molecule has 0 saturated heterocycles. The Morgan fingerprint density at radius 3 is 2.43 bits per heavy atom. The van der Waals surface area contributed by atoms with Gasteiger partial charge in [0, 0.05) is 42.7 Å². The van der Waals surface area contributed by atoms with Gasteiger partial charge in [0.1, 0.15) is 0 Å². The SMILES string of the molecule is Cc1nn(C)c(C)c1[C@@H](C)NCc1cnn(C(C)(C)C)c1. The number of hydrogen-bond donors (Lipinski definition) is 1. The van der Waals surface area contributed by atoms with Crippen LogP contribution in [0.15, 0.2) is 12.4 Å². The van der Waals surface area contributed by atoms with Crippen LogP contribution in [0.25, 0.3) is 0 Å². The molecule has 0 aliphatic rings. The molecule has 1 N–H and O–H groups in total. The van der Waals surface area contributed by atoms with Crippen LogP contribution in [-0.4, -0.2) is 19.6 Å². The Kier molecular flexibility index (Phi) is 4.23. The van der Waals surface area contributed by atoms with Crippen molar-refractivity contribution in [2.75, 3.05) is 0 Å². The van der Waals surface area contributed by atoms with Crippen LogP contribution in [0.4, 0.5) is 0 Å². The summed E-state index contributed by atoms with van der Waals surface area (Å²) in [4.78, 5) is 0. The lowest BCUT2D eigenvalue weighted by Gasteiger charge is -2.19. The van der Waals surface area contributed by atoms with E-state index in [0.29, 0.717) is 0 Å². The van der Waals surface area contributed by atoms with Crippen LogP contribution < -0.4 is 5.32 Å². The molecule has 21 heavy (non-hydrogen) atoms. The number of nitrogens with one attached hydrogen (secondary N) is 1. The maximum atomic E-state index is 4.48. The lowest BCUT2D eigenvalue weighted by Crippen LogP contribution is -2.22. The molecular weight excluding hydrogens is 262 g/mol. The summed E-state index contributed by atoms with van der Waals surface area (Å²) < 4.78 is 3.95. The summed E-state index contributed by atoms with van der Waals surface area (Å²) in [6, 6.07) is 0.275. The van der Waals surface area contributed by atoms with Crippen molar-refractivity contribution in [2.24, 2.45) is 7.05 Å². The number of nitrogens with zero attached hydrogens (tertiary/aromatic N) is 4. The van der Waals surface area contributed by atoms with Crippen molar-refractivity contribution in [3.05, 3.63) is 34.9 Å². The monoisotopic (exact) mass is 289 g/mol. The smallest absolute Gasteiger partial charge is 0.0644 e. The molecule has 2 aromatic heterocycles. The molecular formula is C16H27N5. The van der Waals surface area contributed by atoms with Gasteiger partial charge in [-0.05, 0) is 41.5 Å². The van der Waals surface area contributed by atoms with Crippen molar-refractivity contribution in [1.29, 1.82) is 0 Å². The zero-order chi connectivity index (χ0) is 15.8. The van der Waals surface area contributed by atoms with Crippen LogP contribution in [0.2, 0.25) is 0 Å². The van der Waals surface area contributed by atoms with E-state index in [1.165, 1.54) is 16.8 Å². The van der Waals surface area contributed by atoms with Gasteiger partial charge in [-0.1, -0.05) is 0 Å². The molecule has 0 saturated carbocycles. The first-order valence-electron chi connectivity index (χ1n) is 7.47. The molecule has 0 fully saturated rings. The maximum Gasteiger partial charge on any atom is 0.0644 e. The fourth-order valence-electron chi connectivity index (χ4n) is 2.61. The van der Waals surface area contributed by atoms with Gasteiger partial charge < -0.3 is 5.32 Å². The van der Waals surface area contributed by atoms with Crippen LogP contribution in [0.1, 0.15) is 56.3 Å². The van der Waals surface area contributed by atoms with E-state index >= 15 is 0 Å². The second-order valence-corrected chi connectivity index (χ2v) is 6.77. The molecule has 5 heteroatoms. The van der Waals surface area contributed by atoms with Crippen LogP contribution in [0.3, 0.4) is 0 Å². The van der Waals surface area contributed by atoms with Gasteiger partial charge in [0.25, 0.3) is 0 Å². The highest BCUT2D eigenvalue weighted by atomic mass is 15.3. The van der Waals surface area contributed by atoms with Crippen molar-refractivity contribution in [1.82, 2.24) is 24.9 Å². The van der Waals surface area contributed by atoms with Crippen molar-refractivity contribution >= 4 is 0 Å². The third-order valence-electron chi connectivity index (χ3n) is 3.93. The zero-order valence-corrected chi connectivity index (χ0v) is 14.2. The molecule has 0 radical (unpaired) electrons. The maximum absolute atomic E-state index is 4.48. The normalized spacial score (nSPS) is 13.7. The first-order chi connectivity index (χ1) is 9.70. The first-order valence-corrected chi connectivity index (χ1v) is 7.47. The van der Waals surface area contributed by atoms with Gasteiger partial charge in [0.05, 0.1) is 17.4 Å². The van der Waals surface area contributed by atoms with Crippen LogP contribution in [0, 0.1) is 13.8 Å². The molecule has 0 amide bonds. The third kappa shape index (κ3) is 3.35. The van der Waals surface area contributed by atoms with E-state index in [-0.39, 0.29) is 11.6 Å². The van der Waals surface area contributed by atoms with Gasteiger partial charge in [-0.25, -0.2) is 0 Å². The average molecular weight is 289 g/mol. The van der Waals surface area contributed by atoms with Crippen molar-refractivity contribution < 1.29 is 0 Å². The minimum absolute atomic E-state index is 0.0282. The Morgan fingerprint density at radius 2 is 1.95 bits per heavy atom. The van der Waals surface area contributed by atoms with Crippen molar-refractivity contribution in [3.63, 3.8) is 0 Å². The molecule has 0 aliphatic carbocycles. The lowest BCUT2D eigenvalue weighted by molar-refractivity contribution is 0.355. The molecule has 5 nitrogen and oxygen atoms in total. The van der Waals surface area contributed by atoms with E-state index in [1.54, 1.807) is 0 Å². The fraction of sp³-hybridized carbons (Fsp3) is 0.625. The highest BCUT2D eigenvalue weighted by Crippen LogP contribution is 2.21. The van der Waals surface area contributed by atoms with E-state index in [4.69, 9.17) is 0 Å².